The Morgan fingerprint density at radius 3 is 1.93 bits per heavy atom. The molecule has 240 valence electrons. The maximum atomic E-state index is 12.9. The summed E-state index contributed by atoms with van der Waals surface area (Å²) in [6.45, 7) is 5.32. The van der Waals surface area contributed by atoms with Gasteiger partial charge in [-0.05, 0) is 44.0 Å². The summed E-state index contributed by atoms with van der Waals surface area (Å²) in [5, 5.41) is 5.89. The Kier molecular flexibility index (Phi) is 12.2. The average molecular weight is 651 g/mol. The zero-order valence-corrected chi connectivity index (χ0v) is 26.7. The number of esters is 2. The van der Waals surface area contributed by atoms with E-state index >= 15 is 0 Å². The molecule has 2 heterocycles. The molecule has 0 unspecified atom stereocenters. The van der Waals surface area contributed by atoms with E-state index in [-0.39, 0.29) is 34.6 Å². The molecule has 0 saturated carbocycles. The summed E-state index contributed by atoms with van der Waals surface area (Å²) in [4.78, 5) is 23.4. The largest absolute Gasteiger partial charge is 0.466 e. The lowest BCUT2D eigenvalue weighted by atomic mass is 10.3. The van der Waals surface area contributed by atoms with Crippen molar-refractivity contribution in [1.29, 1.82) is 0 Å². The van der Waals surface area contributed by atoms with E-state index in [2.05, 4.69) is 22.3 Å². The zero-order chi connectivity index (χ0) is 32.3. The van der Waals surface area contributed by atoms with E-state index in [1.54, 1.807) is 43.3 Å². The number of para-hydroxylation sites is 2. The Morgan fingerprint density at radius 2 is 1.34 bits per heavy atom. The Labute approximate surface area is 258 Å². The monoisotopic (exact) mass is 650 g/mol. The van der Waals surface area contributed by atoms with Crippen LogP contribution in [0.15, 0.2) is 82.1 Å². The number of benzene rings is 2. The fourth-order valence-corrected chi connectivity index (χ4v) is 7.04. The van der Waals surface area contributed by atoms with Gasteiger partial charge in [0, 0.05) is 26.8 Å². The van der Waals surface area contributed by atoms with Crippen LogP contribution in [0.3, 0.4) is 0 Å². The first kappa shape index (κ1) is 34.4. The quantitative estimate of drug-likeness (QED) is 0.220. The Hall–Kier alpha value is -4.08. The molecule has 0 aliphatic carbocycles. The lowest BCUT2D eigenvalue weighted by Gasteiger charge is -2.33. The SMILES string of the molecule is CCCCOCCCN1/C(=C\C(=O)OC)Nc2ccccc2S1(=O)=O.CCOC(=O)/C=C1/Nc2ccccc2S(=O)(=O)N1C. The number of nitrogens with zero attached hydrogens (tertiary/aromatic N) is 2. The van der Waals surface area contributed by atoms with Gasteiger partial charge >= 0.3 is 11.9 Å². The maximum absolute atomic E-state index is 12.9. The average Bonchev–Trinajstić information content (AvgIpc) is 2.99. The van der Waals surface area contributed by atoms with Crippen LogP contribution < -0.4 is 10.6 Å². The van der Waals surface area contributed by atoms with Crippen LogP contribution in [0.1, 0.15) is 33.1 Å². The van der Waals surface area contributed by atoms with E-state index in [0.717, 1.165) is 29.3 Å². The van der Waals surface area contributed by atoms with Crippen LogP contribution in [0.5, 0.6) is 0 Å². The third-order valence-electron chi connectivity index (χ3n) is 6.40. The van der Waals surface area contributed by atoms with Gasteiger partial charge in [-0.3, -0.25) is 8.61 Å². The second-order valence-electron chi connectivity index (χ2n) is 9.45. The minimum absolute atomic E-state index is 0.164. The normalized spacial score (nSPS) is 17.7. The molecule has 4 rings (SSSR count). The molecule has 0 fully saturated rings. The number of nitrogens with one attached hydrogen (secondary N) is 2. The molecule has 2 aliphatic heterocycles. The molecule has 2 aliphatic rings. The lowest BCUT2D eigenvalue weighted by molar-refractivity contribution is -0.137. The van der Waals surface area contributed by atoms with Crippen molar-refractivity contribution in [3.8, 4) is 0 Å². The van der Waals surface area contributed by atoms with Gasteiger partial charge in [0.2, 0.25) is 0 Å². The van der Waals surface area contributed by atoms with Crippen molar-refractivity contribution >= 4 is 43.4 Å². The van der Waals surface area contributed by atoms with Gasteiger partial charge in [-0.2, -0.15) is 0 Å². The molecule has 15 heteroatoms. The lowest BCUT2D eigenvalue weighted by Crippen LogP contribution is -2.39. The number of unbranched alkanes of at least 4 members (excludes halogenated alkanes) is 1. The predicted molar refractivity (Wildman–Crippen MR) is 164 cm³/mol. The molecule has 2 aromatic rings. The summed E-state index contributed by atoms with van der Waals surface area (Å²) in [5.74, 6) is -0.871. The van der Waals surface area contributed by atoms with Gasteiger partial charge in [0.1, 0.15) is 21.4 Å². The molecule has 2 aromatic carbocycles. The second-order valence-corrected chi connectivity index (χ2v) is 13.2. The van der Waals surface area contributed by atoms with E-state index in [0.29, 0.717) is 31.0 Å². The molecule has 0 amide bonds. The molecule has 13 nitrogen and oxygen atoms in total. The number of carbonyl (C=O) groups excluding carboxylic acids is 2. The van der Waals surface area contributed by atoms with Crippen LogP contribution in [-0.4, -0.2) is 77.9 Å². The standard InChI is InChI=1S/C17H24N2O5S.C12H14N2O4S/c1-3-4-11-24-12-7-10-19-16(13-17(20)23-2)18-14-8-5-6-9-15(14)25(19,21)22;1-3-18-12(15)8-11-13-9-6-4-5-7-10(9)19(16,17)14(11)2/h5-6,8-9,13,18H,3-4,7,10-12H2,1-2H3;4-8,13H,3H2,1-2H3/b16-13-;11-8-. The fraction of sp³-hybridized carbons (Fsp3) is 0.379. The third-order valence-corrected chi connectivity index (χ3v) is 10.1. The molecule has 0 radical (unpaired) electrons. The van der Waals surface area contributed by atoms with Crippen molar-refractivity contribution in [1.82, 2.24) is 8.61 Å². The van der Waals surface area contributed by atoms with E-state index < -0.39 is 32.0 Å². The van der Waals surface area contributed by atoms with Crippen LogP contribution in [0, 0.1) is 0 Å². The second kappa shape index (κ2) is 15.6. The molecule has 44 heavy (non-hydrogen) atoms. The molecular formula is C29H38N4O9S2. The van der Waals surface area contributed by atoms with Gasteiger partial charge in [0.25, 0.3) is 20.0 Å². The molecule has 2 N–H and O–H groups in total. The number of anilines is 2. The zero-order valence-electron chi connectivity index (χ0n) is 25.1. The van der Waals surface area contributed by atoms with Gasteiger partial charge in [-0.15, -0.1) is 0 Å². The van der Waals surface area contributed by atoms with Crippen molar-refractivity contribution in [2.45, 2.75) is 42.9 Å². The molecule has 0 aromatic heterocycles. The first-order valence-electron chi connectivity index (χ1n) is 14.0. The smallest absolute Gasteiger partial charge is 0.334 e. The summed E-state index contributed by atoms with van der Waals surface area (Å²) < 4.78 is 67.4. The summed E-state index contributed by atoms with van der Waals surface area (Å²) in [7, 11) is -4.75. The van der Waals surface area contributed by atoms with E-state index in [1.807, 2.05) is 0 Å². The highest BCUT2D eigenvalue weighted by molar-refractivity contribution is 7.89. The van der Waals surface area contributed by atoms with E-state index in [9.17, 15) is 26.4 Å². The number of fused-ring (bicyclic) bond motifs is 2. The number of sulfonamides is 2. The summed E-state index contributed by atoms with van der Waals surface area (Å²) in [5.41, 5.74) is 0.879. The van der Waals surface area contributed by atoms with Crippen molar-refractivity contribution in [2.24, 2.45) is 0 Å². The van der Waals surface area contributed by atoms with Crippen LogP contribution in [0.25, 0.3) is 0 Å². The Morgan fingerprint density at radius 1 is 0.795 bits per heavy atom. The van der Waals surface area contributed by atoms with Crippen molar-refractivity contribution in [3.63, 3.8) is 0 Å². The van der Waals surface area contributed by atoms with Crippen molar-refractivity contribution in [3.05, 3.63) is 72.3 Å². The number of hydrogen-bond donors (Lipinski definition) is 2. The number of methoxy groups -OCH3 is 1. The van der Waals surface area contributed by atoms with E-state index in [4.69, 9.17) is 9.47 Å². The highest BCUT2D eigenvalue weighted by atomic mass is 32.2. The first-order valence-corrected chi connectivity index (χ1v) is 16.8. The van der Waals surface area contributed by atoms with Gasteiger partial charge in [0.05, 0.1) is 37.2 Å². The third kappa shape index (κ3) is 8.30. The topological polar surface area (TPSA) is 161 Å². The molecule has 0 bridgehead atoms. The fourth-order valence-electron chi connectivity index (χ4n) is 4.13. The highest BCUT2D eigenvalue weighted by Crippen LogP contribution is 2.34. The van der Waals surface area contributed by atoms with Crippen molar-refractivity contribution in [2.75, 3.05) is 51.2 Å². The van der Waals surface area contributed by atoms with Gasteiger partial charge in [0.15, 0.2) is 0 Å². The molecular weight excluding hydrogens is 612 g/mol. The number of hydrogen-bond acceptors (Lipinski definition) is 11. The van der Waals surface area contributed by atoms with E-state index in [1.165, 1.54) is 30.6 Å². The maximum Gasteiger partial charge on any atom is 0.334 e. The van der Waals surface area contributed by atoms with Crippen LogP contribution in [0.2, 0.25) is 0 Å². The summed E-state index contributed by atoms with van der Waals surface area (Å²) in [6, 6.07) is 13.1. The van der Waals surface area contributed by atoms with Crippen LogP contribution >= 0.6 is 0 Å². The highest BCUT2D eigenvalue weighted by Gasteiger charge is 2.34. The summed E-state index contributed by atoms with van der Waals surface area (Å²) >= 11 is 0. The summed E-state index contributed by atoms with van der Waals surface area (Å²) in [6.07, 6.45) is 4.81. The number of rotatable bonds is 10. The predicted octanol–water partition coefficient (Wildman–Crippen LogP) is 3.46. The number of carbonyl (C=O) groups is 2. The number of ether oxygens (including phenoxy) is 3. The minimum atomic E-state index is -3.74. The van der Waals surface area contributed by atoms with Crippen LogP contribution in [0.4, 0.5) is 11.4 Å². The van der Waals surface area contributed by atoms with Gasteiger partial charge in [-0.1, -0.05) is 37.6 Å². The molecule has 0 atom stereocenters. The Balaban J connectivity index is 0.000000249. The molecule has 0 saturated heterocycles. The van der Waals surface area contributed by atoms with Crippen molar-refractivity contribution < 1.29 is 40.6 Å². The first-order chi connectivity index (χ1) is 21.0. The Bertz CT molecular complexity index is 1610. The van der Waals surface area contributed by atoms with Gasteiger partial charge < -0.3 is 24.8 Å². The molecule has 0 spiro atoms. The van der Waals surface area contributed by atoms with Crippen LogP contribution in [-0.2, 0) is 43.8 Å². The minimum Gasteiger partial charge on any atom is -0.466 e. The van der Waals surface area contributed by atoms with Gasteiger partial charge in [-0.25, -0.2) is 26.4 Å².